The summed E-state index contributed by atoms with van der Waals surface area (Å²) in [6, 6.07) is 0.243. The molecule has 5 nitrogen and oxygen atoms in total. The fraction of sp³-hybridized carbons (Fsp3) is 0.750. The summed E-state index contributed by atoms with van der Waals surface area (Å²) in [5, 5.41) is 3.29. The summed E-state index contributed by atoms with van der Waals surface area (Å²) in [6.07, 6.45) is 8.76. The van der Waals surface area contributed by atoms with E-state index in [-0.39, 0.29) is 11.9 Å². The largest absolute Gasteiger partial charge is 0.368 e. The number of primary amides is 1. The molecule has 0 aromatic carbocycles. The average Bonchev–Trinajstić information content (AvgIpc) is 2.82. The highest BCUT2D eigenvalue weighted by Crippen LogP contribution is 2.15. The number of unbranched alkanes of at least 4 members (excludes halogenated alkanes) is 1. The number of nitrogens with one attached hydrogen (secondary N) is 1. The Morgan fingerprint density at radius 3 is 2.76 bits per heavy atom. The fourth-order valence-corrected chi connectivity index (χ4v) is 2.66. The Kier molecular flexibility index (Phi) is 6.89. The zero-order valence-electron chi connectivity index (χ0n) is 13.9. The topological polar surface area (TPSA) is 72.9 Å². The number of carbonyl (C=O) groups is 1. The molecule has 0 saturated heterocycles. The van der Waals surface area contributed by atoms with Crippen molar-refractivity contribution in [2.24, 2.45) is 5.73 Å². The monoisotopic (exact) mass is 294 g/mol. The number of hydrogen-bond donors (Lipinski definition) is 2. The Balaban J connectivity index is 2.44. The molecule has 3 N–H and O–H groups in total. The molecular formula is C16H30N4O. The Morgan fingerprint density at radius 2 is 2.19 bits per heavy atom. The number of aryl methyl sites for hydroxylation is 2. The predicted molar refractivity (Wildman–Crippen MR) is 85.9 cm³/mol. The summed E-state index contributed by atoms with van der Waals surface area (Å²) in [5.74, 6) is 0.876. The van der Waals surface area contributed by atoms with Gasteiger partial charge in [-0.25, -0.2) is 4.98 Å². The summed E-state index contributed by atoms with van der Waals surface area (Å²) < 4.78 is 2.21. The van der Waals surface area contributed by atoms with Crippen molar-refractivity contribution in [3.8, 4) is 0 Å². The number of nitrogens with zero attached hydrogens (tertiary/aromatic N) is 2. The maximum atomic E-state index is 11.7. The maximum Gasteiger partial charge on any atom is 0.237 e. The highest BCUT2D eigenvalue weighted by molar-refractivity contribution is 5.84. The molecule has 1 rings (SSSR count). The van der Waals surface area contributed by atoms with Crippen molar-refractivity contribution in [1.29, 1.82) is 0 Å². The van der Waals surface area contributed by atoms with Gasteiger partial charge in [0.05, 0.1) is 5.54 Å². The molecule has 0 aliphatic carbocycles. The first kappa shape index (κ1) is 17.7. The van der Waals surface area contributed by atoms with Gasteiger partial charge in [-0.05, 0) is 46.5 Å². The van der Waals surface area contributed by atoms with Crippen molar-refractivity contribution in [3.05, 3.63) is 18.2 Å². The minimum atomic E-state index is -0.616. The van der Waals surface area contributed by atoms with E-state index in [0.717, 1.165) is 44.5 Å². The number of carbonyl (C=O) groups excluding carboxylic acids is 1. The van der Waals surface area contributed by atoms with Crippen LogP contribution in [0.2, 0.25) is 0 Å². The van der Waals surface area contributed by atoms with Crippen LogP contribution in [0, 0.1) is 0 Å². The Bertz CT molecular complexity index is 441. The lowest BCUT2D eigenvalue weighted by Crippen LogP contribution is -2.55. The van der Waals surface area contributed by atoms with Gasteiger partial charge in [-0.1, -0.05) is 6.92 Å². The Hall–Kier alpha value is -1.36. The molecule has 1 atom stereocenters. The first-order valence-corrected chi connectivity index (χ1v) is 7.96. The molecule has 21 heavy (non-hydrogen) atoms. The lowest BCUT2D eigenvalue weighted by Gasteiger charge is -2.30. The van der Waals surface area contributed by atoms with E-state index >= 15 is 0 Å². The maximum absolute atomic E-state index is 11.7. The number of amides is 1. The second kappa shape index (κ2) is 8.17. The van der Waals surface area contributed by atoms with Gasteiger partial charge in [-0.15, -0.1) is 0 Å². The van der Waals surface area contributed by atoms with Crippen molar-refractivity contribution in [2.45, 2.75) is 77.9 Å². The third-order valence-corrected chi connectivity index (χ3v) is 3.75. The van der Waals surface area contributed by atoms with Crippen LogP contribution in [0.5, 0.6) is 0 Å². The number of aromatic nitrogens is 2. The molecule has 5 heteroatoms. The molecule has 120 valence electrons. The number of rotatable bonds is 10. The third kappa shape index (κ3) is 5.50. The van der Waals surface area contributed by atoms with Gasteiger partial charge in [0.15, 0.2) is 0 Å². The SMILES string of the molecule is CCCc1nccn1CCCCC(C)(NC(C)C)C(N)=O. The van der Waals surface area contributed by atoms with Crippen molar-refractivity contribution in [3.63, 3.8) is 0 Å². The molecule has 0 spiro atoms. The lowest BCUT2D eigenvalue weighted by molar-refractivity contribution is -0.124. The van der Waals surface area contributed by atoms with Gasteiger partial charge in [-0.3, -0.25) is 4.79 Å². The second-order valence-corrected chi connectivity index (χ2v) is 6.24. The smallest absolute Gasteiger partial charge is 0.237 e. The molecule has 1 heterocycles. The van der Waals surface area contributed by atoms with Crippen LogP contribution in [0.3, 0.4) is 0 Å². The summed E-state index contributed by atoms with van der Waals surface area (Å²) in [4.78, 5) is 16.0. The molecule has 0 fully saturated rings. The normalized spacial score (nSPS) is 14.3. The minimum absolute atomic E-state index is 0.243. The van der Waals surface area contributed by atoms with Crippen LogP contribution in [-0.2, 0) is 17.8 Å². The van der Waals surface area contributed by atoms with Crippen molar-refractivity contribution in [2.75, 3.05) is 0 Å². The quantitative estimate of drug-likeness (QED) is 0.650. The highest BCUT2D eigenvalue weighted by Gasteiger charge is 2.30. The van der Waals surface area contributed by atoms with Crippen LogP contribution < -0.4 is 11.1 Å². The molecule has 1 amide bonds. The predicted octanol–water partition coefficient (Wildman–Crippen LogP) is 2.25. The third-order valence-electron chi connectivity index (χ3n) is 3.75. The summed E-state index contributed by atoms with van der Waals surface area (Å²) >= 11 is 0. The summed E-state index contributed by atoms with van der Waals surface area (Å²) in [6.45, 7) is 9.07. The van der Waals surface area contributed by atoms with Gasteiger partial charge in [0.2, 0.25) is 5.91 Å². The minimum Gasteiger partial charge on any atom is -0.368 e. The first-order valence-electron chi connectivity index (χ1n) is 7.96. The molecule has 1 unspecified atom stereocenters. The highest BCUT2D eigenvalue weighted by atomic mass is 16.1. The van der Waals surface area contributed by atoms with Gasteiger partial charge in [-0.2, -0.15) is 0 Å². The van der Waals surface area contributed by atoms with Gasteiger partial charge >= 0.3 is 0 Å². The van der Waals surface area contributed by atoms with E-state index in [0.29, 0.717) is 0 Å². The van der Waals surface area contributed by atoms with Gasteiger partial charge < -0.3 is 15.6 Å². The van der Waals surface area contributed by atoms with Crippen LogP contribution in [0.15, 0.2) is 12.4 Å². The van der Waals surface area contributed by atoms with E-state index in [1.807, 2.05) is 33.2 Å². The molecule has 0 radical (unpaired) electrons. The average molecular weight is 294 g/mol. The summed E-state index contributed by atoms with van der Waals surface area (Å²) in [7, 11) is 0. The van der Waals surface area contributed by atoms with Crippen LogP contribution in [0.25, 0.3) is 0 Å². The Labute approximate surface area is 128 Å². The molecular weight excluding hydrogens is 264 g/mol. The van der Waals surface area contributed by atoms with Crippen molar-refractivity contribution < 1.29 is 4.79 Å². The van der Waals surface area contributed by atoms with Crippen LogP contribution in [-0.4, -0.2) is 27.0 Å². The van der Waals surface area contributed by atoms with Crippen LogP contribution in [0.1, 0.15) is 59.2 Å². The van der Waals surface area contributed by atoms with E-state index in [1.165, 1.54) is 0 Å². The summed E-state index contributed by atoms with van der Waals surface area (Å²) in [5.41, 5.74) is 4.93. The lowest BCUT2D eigenvalue weighted by atomic mass is 9.93. The number of nitrogens with two attached hydrogens (primary N) is 1. The van der Waals surface area contributed by atoms with Crippen molar-refractivity contribution >= 4 is 5.91 Å². The molecule has 1 aromatic rings. The molecule has 0 aliphatic heterocycles. The molecule has 1 aromatic heterocycles. The van der Waals surface area contributed by atoms with Crippen LogP contribution in [0.4, 0.5) is 0 Å². The molecule has 0 aliphatic rings. The first-order chi connectivity index (χ1) is 9.89. The zero-order chi connectivity index (χ0) is 15.9. The molecule has 0 bridgehead atoms. The zero-order valence-corrected chi connectivity index (χ0v) is 13.9. The number of imidazole rings is 1. The van der Waals surface area contributed by atoms with Gasteiger partial charge in [0.25, 0.3) is 0 Å². The van der Waals surface area contributed by atoms with Crippen LogP contribution >= 0.6 is 0 Å². The van der Waals surface area contributed by atoms with Gasteiger partial charge in [0, 0.05) is 31.4 Å². The Morgan fingerprint density at radius 1 is 1.48 bits per heavy atom. The fourth-order valence-electron chi connectivity index (χ4n) is 2.66. The number of hydrogen-bond acceptors (Lipinski definition) is 3. The van der Waals surface area contributed by atoms with Crippen molar-refractivity contribution in [1.82, 2.24) is 14.9 Å². The van der Waals surface area contributed by atoms with E-state index in [2.05, 4.69) is 21.8 Å². The van der Waals surface area contributed by atoms with E-state index in [9.17, 15) is 4.79 Å². The second-order valence-electron chi connectivity index (χ2n) is 6.24. The van der Waals surface area contributed by atoms with E-state index in [1.54, 1.807) is 0 Å². The van der Waals surface area contributed by atoms with Gasteiger partial charge in [0.1, 0.15) is 5.82 Å². The standard InChI is InChI=1S/C16H30N4O/c1-5-8-14-18-10-12-20(14)11-7-6-9-16(4,15(17)21)19-13(2)3/h10,12-13,19H,5-9,11H2,1-4H3,(H2,17,21). The van der Waals surface area contributed by atoms with E-state index in [4.69, 9.17) is 5.73 Å². The van der Waals surface area contributed by atoms with E-state index < -0.39 is 5.54 Å². The molecule has 0 saturated carbocycles.